The highest BCUT2D eigenvalue weighted by Gasteiger charge is 2.37. The summed E-state index contributed by atoms with van der Waals surface area (Å²) in [6, 6.07) is 28.1. The highest BCUT2D eigenvalue weighted by Crippen LogP contribution is 2.55. The molecular weight excluding hydrogens is 577 g/mol. The lowest BCUT2D eigenvalue weighted by Gasteiger charge is -2.33. The van der Waals surface area contributed by atoms with Gasteiger partial charge in [0.15, 0.2) is 0 Å². The predicted molar refractivity (Wildman–Crippen MR) is 210 cm³/mol. The van der Waals surface area contributed by atoms with Gasteiger partial charge in [-0.25, -0.2) is 0 Å². The molecule has 48 heavy (non-hydrogen) atoms. The first-order valence-corrected chi connectivity index (χ1v) is 18.2. The number of fused-ring (bicyclic) bond motifs is 3. The Morgan fingerprint density at radius 3 is 1.75 bits per heavy atom. The second-order valence-electron chi connectivity index (χ2n) is 18.8. The van der Waals surface area contributed by atoms with Crippen molar-refractivity contribution < 1.29 is 0 Å². The molecule has 0 heterocycles. The lowest BCUT2D eigenvalue weighted by Crippen LogP contribution is -2.21. The van der Waals surface area contributed by atoms with Crippen molar-refractivity contribution in [3.8, 4) is 22.3 Å². The van der Waals surface area contributed by atoms with Crippen LogP contribution in [0.15, 0.2) is 90.5 Å². The number of benzene rings is 4. The van der Waals surface area contributed by atoms with Crippen LogP contribution in [-0.2, 0) is 29.1 Å². The van der Waals surface area contributed by atoms with Gasteiger partial charge >= 0.3 is 0 Å². The van der Waals surface area contributed by atoms with E-state index < -0.39 is 0 Å². The summed E-state index contributed by atoms with van der Waals surface area (Å²) < 4.78 is 0. The Morgan fingerprint density at radius 2 is 1.21 bits per heavy atom. The van der Waals surface area contributed by atoms with Crippen molar-refractivity contribution in [2.24, 2.45) is 11.3 Å². The second kappa shape index (κ2) is 11.8. The van der Waals surface area contributed by atoms with E-state index in [-0.39, 0.29) is 21.7 Å². The molecule has 0 fully saturated rings. The van der Waals surface area contributed by atoms with E-state index in [1.807, 2.05) is 0 Å². The largest absolute Gasteiger partial charge is 0.0735 e. The third-order valence-corrected chi connectivity index (χ3v) is 10.7. The Labute approximate surface area is 292 Å². The van der Waals surface area contributed by atoms with Crippen LogP contribution in [-0.4, -0.2) is 0 Å². The zero-order valence-electron chi connectivity index (χ0n) is 32.1. The van der Waals surface area contributed by atoms with Gasteiger partial charge in [-0.05, 0) is 112 Å². The Morgan fingerprint density at radius 1 is 0.604 bits per heavy atom. The molecule has 0 heteroatoms. The molecule has 250 valence electrons. The van der Waals surface area contributed by atoms with Gasteiger partial charge in [0.25, 0.3) is 0 Å². The molecular formula is C48H58. The fourth-order valence-electron chi connectivity index (χ4n) is 7.99. The smallest absolute Gasteiger partial charge is 0.000196 e. The third-order valence-electron chi connectivity index (χ3n) is 10.7. The van der Waals surface area contributed by atoms with Crippen molar-refractivity contribution in [1.29, 1.82) is 0 Å². The topological polar surface area (TPSA) is 0 Å². The molecule has 2 aliphatic carbocycles. The van der Waals surface area contributed by atoms with Crippen LogP contribution in [0.2, 0.25) is 0 Å². The average Bonchev–Trinajstić information content (AvgIpc) is 3.56. The van der Waals surface area contributed by atoms with Crippen molar-refractivity contribution in [2.75, 3.05) is 0 Å². The second-order valence-corrected chi connectivity index (χ2v) is 18.8. The molecule has 0 amide bonds. The predicted octanol–water partition coefficient (Wildman–Crippen LogP) is 13.4. The lowest BCUT2D eigenvalue weighted by atomic mass is 9.70. The van der Waals surface area contributed by atoms with Crippen LogP contribution in [0.5, 0.6) is 0 Å². The van der Waals surface area contributed by atoms with E-state index in [1.165, 1.54) is 77.9 Å². The number of allylic oxidation sites excluding steroid dienone is 4. The quantitative estimate of drug-likeness (QED) is 0.184. The van der Waals surface area contributed by atoms with Gasteiger partial charge < -0.3 is 0 Å². The molecule has 0 saturated carbocycles. The highest BCUT2D eigenvalue weighted by molar-refractivity contribution is 6.00. The molecule has 0 saturated heterocycles. The fourth-order valence-corrected chi connectivity index (χ4v) is 7.99. The SMILES string of the molecule is CC1C=C(C(C)(C)C)C=C1c1c(-c2ccccc2)c2c(c(Cc3ccc(C(C)(C)C)cc3)c1C(C)(C)C)Cc1cc(C(C)(C)C)ccc1-2. The van der Waals surface area contributed by atoms with Crippen molar-refractivity contribution in [3.05, 3.63) is 135 Å². The van der Waals surface area contributed by atoms with Crippen molar-refractivity contribution in [3.63, 3.8) is 0 Å². The maximum Gasteiger partial charge on any atom is 0.000196 e. The summed E-state index contributed by atoms with van der Waals surface area (Å²) in [5.74, 6) is 0.337. The normalized spacial score (nSPS) is 16.5. The van der Waals surface area contributed by atoms with Crippen LogP contribution in [0.3, 0.4) is 0 Å². The molecule has 0 radical (unpaired) electrons. The molecule has 0 N–H and O–H groups in total. The third kappa shape index (κ3) is 6.29. The summed E-state index contributed by atoms with van der Waals surface area (Å²) >= 11 is 0. The van der Waals surface area contributed by atoms with Crippen LogP contribution in [0.4, 0.5) is 0 Å². The molecule has 4 aromatic rings. The van der Waals surface area contributed by atoms with Gasteiger partial charge in [-0.1, -0.05) is 175 Å². The number of rotatable bonds is 4. The van der Waals surface area contributed by atoms with E-state index in [0.29, 0.717) is 5.92 Å². The van der Waals surface area contributed by atoms with E-state index in [9.17, 15) is 0 Å². The molecule has 0 nitrogen and oxygen atoms in total. The monoisotopic (exact) mass is 634 g/mol. The summed E-state index contributed by atoms with van der Waals surface area (Å²) in [5.41, 5.74) is 20.5. The molecule has 0 aromatic heterocycles. The van der Waals surface area contributed by atoms with Crippen LogP contribution in [0, 0.1) is 11.3 Å². The Balaban J connectivity index is 1.74. The summed E-state index contributed by atoms with van der Waals surface area (Å²) in [5, 5.41) is 0. The van der Waals surface area contributed by atoms with E-state index in [0.717, 1.165) is 12.8 Å². The van der Waals surface area contributed by atoms with E-state index in [4.69, 9.17) is 0 Å². The average molecular weight is 635 g/mol. The maximum absolute atomic E-state index is 2.55. The summed E-state index contributed by atoms with van der Waals surface area (Å²) in [6.45, 7) is 30.7. The minimum Gasteiger partial charge on any atom is -0.0735 e. The minimum absolute atomic E-state index is 0.0645. The van der Waals surface area contributed by atoms with Gasteiger partial charge in [0, 0.05) is 5.92 Å². The Hall–Kier alpha value is -3.64. The minimum atomic E-state index is -0.0645. The summed E-state index contributed by atoms with van der Waals surface area (Å²) in [7, 11) is 0. The van der Waals surface area contributed by atoms with Gasteiger partial charge in [-0.15, -0.1) is 0 Å². The van der Waals surface area contributed by atoms with Gasteiger partial charge in [0.1, 0.15) is 0 Å². The van der Waals surface area contributed by atoms with Gasteiger partial charge in [-0.3, -0.25) is 0 Å². The zero-order chi connectivity index (χ0) is 35.0. The summed E-state index contributed by atoms with van der Waals surface area (Å²) in [4.78, 5) is 0. The first kappa shape index (κ1) is 34.2. The molecule has 0 bridgehead atoms. The number of hydrogen-bond donors (Lipinski definition) is 0. The van der Waals surface area contributed by atoms with E-state index in [2.05, 4.69) is 175 Å². The molecule has 1 atom stereocenters. The lowest BCUT2D eigenvalue weighted by molar-refractivity contribution is 0.516. The van der Waals surface area contributed by atoms with Crippen molar-refractivity contribution >= 4 is 5.57 Å². The zero-order valence-corrected chi connectivity index (χ0v) is 32.1. The Kier molecular flexibility index (Phi) is 8.38. The van der Waals surface area contributed by atoms with E-state index >= 15 is 0 Å². The summed E-state index contributed by atoms with van der Waals surface area (Å²) in [6.07, 6.45) is 6.99. The fraction of sp³-hybridized carbons (Fsp3) is 0.417. The van der Waals surface area contributed by atoms with E-state index in [1.54, 1.807) is 0 Å². The maximum atomic E-state index is 2.55. The first-order chi connectivity index (χ1) is 22.2. The molecule has 4 aromatic carbocycles. The van der Waals surface area contributed by atoms with Crippen LogP contribution in [0.1, 0.15) is 135 Å². The van der Waals surface area contributed by atoms with Gasteiger partial charge in [-0.2, -0.15) is 0 Å². The molecule has 1 unspecified atom stereocenters. The molecule has 2 aliphatic rings. The van der Waals surface area contributed by atoms with Crippen LogP contribution < -0.4 is 0 Å². The van der Waals surface area contributed by atoms with Crippen LogP contribution >= 0.6 is 0 Å². The standard InChI is InChI=1S/C48H58/c1-30-25-36(47(8,9)10)29-38(30)43-41(32-17-15-14-16-18-32)42-37-24-23-35(46(5,6)7)27-33(37)28-39(42)40(44(43)48(11,12)13)26-31-19-21-34(22-20-31)45(2,3)4/h14-25,27,29-30H,26,28H2,1-13H3. The van der Waals surface area contributed by atoms with Crippen LogP contribution in [0.25, 0.3) is 27.8 Å². The highest BCUT2D eigenvalue weighted by atomic mass is 14.4. The Bertz CT molecular complexity index is 1910. The molecule has 0 aliphatic heterocycles. The van der Waals surface area contributed by atoms with Gasteiger partial charge in [0.2, 0.25) is 0 Å². The van der Waals surface area contributed by atoms with Crippen molar-refractivity contribution in [1.82, 2.24) is 0 Å². The molecule has 0 spiro atoms. The van der Waals surface area contributed by atoms with Crippen molar-refractivity contribution in [2.45, 2.75) is 119 Å². The number of hydrogen-bond acceptors (Lipinski definition) is 0. The van der Waals surface area contributed by atoms with Gasteiger partial charge in [0.05, 0.1) is 0 Å². The first-order valence-electron chi connectivity index (χ1n) is 18.2. The molecule has 6 rings (SSSR count).